The number of benzene rings is 1. The molecule has 112 valence electrons. The molecule has 0 aromatic heterocycles. The fourth-order valence-corrected chi connectivity index (χ4v) is 5.35. The lowest BCUT2D eigenvalue weighted by Crippen LogP contribution is -2.41. The van der Waals surface area contributed by atoms with Crippen molar-refractivity contribution >= 4 is 10.8 Å². The van der Waals surface area contributed by atoms with Gasteiger partial charge in [-0.25, -0.2) is 0 Å². The maximum atomic E-state index is 3.61. The number of rotatable bonds is 2. The summed E-state index contributed by atoms with van der Waals surface area (Å²) in [6.07, 6.45) is 12.0. The van der Waals surface area contributed by atoms with Gasteiger partial charge >= 0.3 is 0 Å². The summed E-state index contributed by atoms with van der Waals surface area (Å²) in [7, 11) is 0. The van der Waals surface area contributed by atoms with Crippen molar-refractivity contribution in [3.05, 3.63) is 48.2 Å². The highest BCUT2D eigenvalue weighted by molar-refractivity contribution is 6.05. The highest BCUT2D eigenvalue weighted by Crippen LogP contribution is 2.59. The van der Waals surface area contributed by atoms with Crippen molar-refractivity contribution in [2.75, 3.05) is 0 Å². The number of hydrogen-bond donors (Lipinski definition) is 1. The Morgan fingerprint density at radius 2 is 1.64 bits per heavy atom. The van der Waals surface area contributed by atoms with E-state index in [0.717, 1.165) is 5.92 Å². The molecule has 1 aromatic rings. The standard InChI is InChI=1S/C21H23N/c1-2-8-15(7-1)21(12-6-13-21)19-17-10-4-3-9-16(17)18-11-5-14-22-20(18)19/h3-5,9-11,14-15,22H,1-2,6-8,12-13H2. The van der Waals surface area contributed by atoms with Gasteiger partial charge in [0, 0.05) is 17.2 Å². The molecule has 1 N–H and O–H groups in total. The summed E-state index contributed by atoms with van der Waals surface area (Å²) in [5, 5.41) is 2.94. The zero-order valence-corrected chi connectivity index (χ0v) is 13.1. The molecule has 0 bridgehead atoms. The Labute approximate surface area is 132 Å². The molecule has 0 saturated heterocycles. The summed E-state index contributed by atoms with van der Waals surface area (Å²) < 4.78 is 0. The third kappa shape index (κ3) is 1.54. The van der Waals surface area contributed by atoms with Crippen LogP contribution in [0.25, 0.3) is 22.0 Å². The van der Waals surface area contributed by atoms with E-state index in [1.807, 2.05) is 0 Å². The number of nitrogens with one attached hydrogen (secondary N) is 1. The smallest absolute Gasteiger partial charge is 0.0504 e. The maximum absolute atomic E-state index is 3.61. The quantitative estimate of drug-likeness (QED) is 0.606. The second-order valence-electron chi connectivity index (χ2n) is 7.37. The molecule has 1 aliphatic heterocycles. The third-order valence-corrected chi connectivity index (χ3v) is 6.47. The van der Waals surface area contributed by atoms with Crippen molar-refractivity contribution < 1.29 is 0 Å². The minimum Gasteiger partial charge on any atom is -0.361 e. The Morgan fingerprint density at radius 3 is 2.36 bits per heavy atom. The monoisotopic (exact) mass is 289 g/mol. The predicted molar refractivity (Wildman–Crippen MR) is 92.4 cm³/mol. The molecule has 3 aliphatic carbocycles. The summed E-state index contributed by atoms with van der Waals surface area (Å²) in [6.45, 7) is 0. The molecule has 0 radical (unpaired) electrons. The van der Waals surface area contributed by atoms with E-state index < -0.39 is 0 Å². The van der Waals surface area contributed by atoms with E-state index in [1.54, 1.807) is 5.56 Å². The van der Waals surface area contributed by atoms with Crippen molar-refractivity contribution in [1.29, 1.82) is 0 Å². The number of aromatic nitrogens is 1. The molecule has 2 fully saturated rings. The minimum absolute atomic E-state index is 0.454. The van der Waals surface area contributed by atoms with E-state index in [9.17, 15) is 0 Å². The van der Waals surface area contributed by atoms with Crippen LogP contribution >= 0.6 is 0 Å². The second-order valence-corrected chi connectivity index (χ2v) is 7.37. The number of pyridine rings is 1. The molecule has 0 unspecified atom stereocenters. The first-order valence-corrected chi connectivity index (χ1v) is 8.88. The lowest BCUT2D eigenvalue weighted by Gasteiger charge is -2.48. The normalized spacial score (nSPS) is 21.5. The van der Waals surface area contributed by atoms with Gasteiger partial charge < -0.3 is 4.98 Å². The van der Waals surface area contributed by atoms with E-state index in [1.165, 1.54) is 67.0 Å². The largest absolute Gasteiger partial charge is 0.361 e. The van der Waals surface area contributed by atoms with E-state index in [-0.39, 0.29) is 0 Å². The first-order chi connectivity index (χ1) is 10.9. The van der Waals surface area contributed by atoms with Crippen molar-refractivity contribution in [3.8, 4) is 11.3 Å². The molecule has 4 aliphatic rings. The summed E-state index contributed by atoms with van der Waals surface area (Å²) in [4.78, 5) is 3.61. The lowest BCUT2D eigenvalue weighted by molar-refractivity contribution is 0.150. The van der Waals surface area contributed by atoms with E-state index in [0.29, 0.717) is 5.41 Å². The summed E-state index contributed by atoms with van der Waals surface area (Å²) in [5.74, 6) is 0.906. The molecule has 5 rings (SSSR count). The Morgan fingerprint density at radius 1 is 0.864 bits per heavy atom. The first kappa shape index (κ1) is 12.8. The van der Waals surface area contributed by atoms with E-state index in [4.69, 9.17) is 0 Å². The van der Waals surface area contributed by atoms with Crippen LogP contribution < -0.4 is 0 Å². The van der Waals surface area contributed by atoms with Gasteiger partial charge in [0.05, 0.1) is 5.69 Å². The summed E-state index contributed by atoms with van der Waals surface area (Å²) >= 11 is 0. The molecule has 0 spiro atoms. The summed E-state index contributed by atoms with van der Waals surface area (Å²) in [5.41, 5.74) is 4.93. The lowest BCUT2D eigenvalue weighted by atomic mass is 9.56. The zero-order chi connectivity index (χ0) is 14.6. The van der Waals surface area contributed by atoms with Crippen LogP contribution in [-0.2, 0) is 5.41 Å². The van der Waals surface area contributed by atoms with Gasteiger partial charge in [0.25, 0.3) is 0 Å². The fraction of sp³-hybridized carbons (Fsp3) is 0.429. The Bertz CT molecular complexity index is 787. The van der Waals surface area contributed by atoms with E-state index >= 15 is 0 Å². The molecule has 0 atom stereocenters. The fourth-order valence-electron chi connectivity index (χ4n) is 5.35. The van der Waals surface area contributed by atoms with Gasteiger partial charge in [-0.3, -0.25) is 0 Å². The highest BCUT2D eigenvalue weighted by atomic mass is 14.7. The van der Waals surface area contributed by atoms with Gasteiger partial charge in [0.2, 0.25) is 0 Å². The molecule has 0 amide bonds. The average molecular weight is 289 g/mol. The molecule has 2 saturated carbocycles. The Balaban J connectivity index is 1.82. The van der Waals surface area contributed by atoms with Crippen LogP contribution in [0, 0.1) is 5.92 Å². The van der Waals surface area contributed by atoms with Gasteiger partial charge in [-0.1, -0.05) is 49.6 Å². The maximum Gasteiger partial charge on any atom is 0.0504 e. The van der Waals surface area contributed by atoms with Crippen LogP contribution in [0.15, 0.2) is 42.6 Å². The number of fused-ring (bicyclic) bond motifs is 3. The Kier molecular flexibility index (Phi) is 2.68. The number of H-pyrrole nitrogens is 1. The number of aromatic amines is 1. The van der Waals surface area contributed by atoms with Crippen molar-refractivity contribution in [2.24, 2.45) is 5.92 Å². The van der Waals surface area contributed by atoms with Crippen molar-refractivity contribution in [1.82, 2.24) is 4.98 Å². The van der Waals surface area contributed by atoms with Crippen LogP contribution in [0.4, 0.5) is 0 Å². The third-order valence-electron chi connectivity index (χ3n) is 6.47. The highest BCUT2D eigenvalue weighted by Gasteiger charge is 2.48. The van der Waals surface area contributed by atoms with Crippen molar-refractivity contribution in [3.63, 3.8) is 0 Å². The minimum atomic E-state index is 0.454. The predicted octanol–water partition coefficient (Wildman–Crippen LogP) is 5.88. The first-order valence-electron chi connectivity index (χ1n) is 8.88. The SMILES string of the molecule is c1c[nH]c2c(C3(C4CCCC4)CCC3)c3ccccc3c-2c1. The number of hydrogen-bond acceptors (Lipinski definition) is 0. The van der Waals surface area contributed by atoms with Gasteiger partial charge in [0.1, 0.15) is 0 Å². The molecule has 1 heterocycles. The topological polar surface area (TPSA) is 15.8 Å². The van der Waals surface area contributed by atoms with Crippen LogP contribution in [-0.4, -0.2) is 4.98 Å². The van der Waals surface area contributed by atoms with Gasteiger partial charge in [-0.05, 0) is 54.0 Å². The molecule has 1 nitrogen and oxygen atoms in total. The molecular formula is C21H23N. The van der Waals surface area contributed by atoms with E-state index in [2.05, 4.69) is 47.6 Å². The van der Waals surface area contributed by atoms with Gasteiger partial charge in [-0.2, -0.15) is 0 Å². The summed E-state index contributed by atoms with van der Waals surface area (Å²) in [6, 6.07) is 13.5. The second kappa shape index (κ2) is 4.62. The molecule has 1 aromatic carbocycles. The Hall–Kier alpha value is -1.76. The van der Waals surface area contributed by atoms with Gasteiger partial charge in [0.15, 0.2) is 0 Å². The van der Waals surface area contributed by atoms with Crippen LogP contribution in [0.3, 0.4) is 0 Å². The molecule has 22 heavy (non-hydrogen) atoms. The van der Waals surface area contributed by atoms with Crippen molar-refractivity contribution in [2.45, 2.75) is 50.4 Å². The van der Waals surface area contributed by atoms with Crippen LogP contribution in [0.1, 0.15) is 50.5 Å². The van der Waals surface area contributed by atoms with Crippen LogP contribution in [0.2, 0.25) is 0 Å². The van der Waals surface area contributed by atoms with Crippen LogP contribution in [0.5, 0.6) is 0 Å². The zero-order valence-electron chi connectivity index (χ0n) is 13.1. The molecule has 1 heteroatoms. The molecular weight excluding hydrogens is 266 g/mol. The average Bonchev–Trinajstić information content (AvgIpc) is 3.15. The van der Waals surface area contributed by atoms with Gasteiger partial charge in [-0.15, -0.1) is 0 Å².